The monoisotopic (exact) mass is 253 g/mol. The molecule has 3 heteroatoms. The molecule has 98 valence electrons. The molecule has 0 aliphatic rings. The number of benzene rings is 1. The van der Waals surface area contributed by atoms with Gasteiger partial charge < -0.3 is 9.88 Å². The van der Waals surface area contributed by atoms with E-state index in [1.165, 1.54) is 5.69 Å². The van der Waals surface area contributed by atoms with Crippen LogP contribution in [-0.2, 0) is 13.1 Å². The van der Waals surface area contributed by atoms with Gasteiger partial charge in [-0.05, 0) is 42.8 Å². The van der Waals surface area contributed by atoms with Gasteiger partial charge in [-0.2, -0.15) is 5.26 Å². The van der Waals surface area contributed by atoms with Crippen molar-refractivity contribution in [3.63, 3.8) is 0 Å². The second-order valence-corrected chi connectivity index (χ2v) is 4.62. The molecule has 0 aliphatic carbocycles. The first-order chi connectivity index (χ1) is 9.33. The van der Waals surface area contributed by atoms with Gasteiger partial charge in [0.1, 0.15) is 0 Å². The first-order valence-corrected chi connectivity index (χ1v) is 6.67. The van der Waals surface area contributed by atoms with Gasteiger partial charge in [0.2, 0.25) is 0 Å². The fourth-order valence-corrected chi connectivity index (χ4v) is 2.09. The van der Waals surface area contributed by atoms with Crippen molar-refractivity contribution < 1.29 is 0 Å². The topological polar surface area (TPSA) is 40.8 Å². The molecule has 0 spiro atoms. The maximum absolute atomic E-state index is 8.92. The van der Waals surface area contributed by atoms with Gasteiger partial charge in [-0.3, -0.25) is 0 Å². The van der Waals surface area contributed by atoms with Crippen molar-refractivity contribution in [1.82, 2.24) is 9.88 Å². The van der Waals surface area contributed by atoms with E-state index in [4.69, 9.17) is 5.26 Å². The Bertz CT molecular complexity index is 563. The molecule has 0 saturated carbocycles. The van der Waals surface area contributed by atoms with Crippen molar-refractivity contribution in [1.29, 1.82) is 5.26 Å². The highest BCUT2D eigenvalue weighted by Crippen LogP contribution is 2.10. The molecule has 0 amide bonds. The maximum Gasteiger partial charge on any atom is 0.0991 e. The van der Waals surface area contributed by atoms with Crippen LogP contribution in [-0.4, -0.2) is 11.1 Å². The summed E-state index contributed by atoms with van der Waals surface area (Å²) in [5, 5.41) is 12.3. The summed E-state index contributed by atoms with van der Waals surface area (Å²) in [6.45, 7) is 4.90. The predicted molar refractivity (Wildman–Crippen MR) is 76.7 cm³/mol. The number of hydrogen-bond donors (Lipinski definition) is 1. The second-order valence-electron chi connectivity index (χ2n) is 4.62. The second kappa shape index (κ2) is 6.77. The molecule has 0 aliphatic heterocycles. The van der Waals surface area contributed by atoms with Crippen LogP contribution in [0.4, 0.5) is 0 Å². The lowest BCUT2D eigenvalue weighted by atomic mass is 10.1. The maximum atomic E-state index is 8.92. The van der Waals surface area contributed by atoms with E-state index in [1.807, 2.05) is 18.2 Å². The molecule has 1 aromatic heterocycles. The van der Waals surface area contributed by atoms with E-state index < -0.39 is 0 Å². The van der Waals surface area contributed by atoms with Crippen molar-refractivity contribution in [2.24, 2.45) is 0 Å². The van der Waals surface area contributed by atoms with Crippen LogP contribution in [0.25, 0.3) is 0 Å². The van der Waals surface area contributed by atoms with Crippen LogP contribution in [0.5, 0.6) is 0 Å². The zero-order valence-electron chi connectivity index (χ0n) is 11.3. The van der Waals surface area contributed by atoms with Crippen molar-refractivity contribution in [2.45, 2.75) is 26.4 Å². The smallest absolute Gasteiger partial charge is 0.0991 e. The van der Waals surface area contributed by atoms with E-state index >= 15 is 0 Å². The molecule has 1 aromatic carbocycles. The Morgan fingerprint density at radius 2 is 2.16 bits per heavy atom. The van der Waals surface area contributed by atoms with Crippen LogP contribution in [0.15, 0.2) is 42.6 Å². The summed E-state index contributed by atoms with van der Waals surface area (Å²) in [5.74, 6) is 0. The number of nitrogens with one attached hydrogen (secondary N) is 1. The van der Waals surface area contributed by atoms with Crippen LogP contribution in [0, 0.1) is 11.3 Å². The summed E-state index contributed by atoms with van der Waals surface area (Å²) in [4.78, 5) is 0. The molecule has 1 heterocycles. The van der Waals surface area contributed by atoms with Crippen molar-refractivity contribution in [3.05, 3.63) is 59.4 Å². The third-order valence-electron chi connectivity index (χ3n) is 3.07. The van der Waals surface area contributed by atoms with E-state index in [0.29, 0.717) is 0 Å². The largest absolute Gasteiger partial charge is 0.346 e. The van der Waals surface area contributed by atoms with Gasteiger partial charge in [-0.15, -0.1) is 0 Å². The molecule has 0 fully saturated rings. The Hall–Kier alpha value is -2.05. The number of aromatic nitrogens is 1. The Labute approximate surface area is 114 Å². The van der Waals surface area contributed by atoms with Crippen molar-refractivity contribution >= 4 is 0 Å². The third-order valence-corrected chi connectivity index (χ3v) is 3.07. The van der Waals surface area contributed by atoms with Crippen molar-refractivity contribution in [3.8, 4) is 6.07 Å². The molecule has 0 atom stereocenters. The van der Waals surface area contributed by atoms with Gasteiger partial charge in [0, 0.05) is 25.0 Å². The van der Waals surface area contributed by atoms with Crippen LogP contribution >= 0.6 is 0 Å². The Morgan fingerprint density at radius 1 is 1.26 bits per heavy atom. The number of nitrogens with zero attached hydrogens (tertiary/aromatic N) is 2. The summed E-state index contributed by atoms with van der Waals surface area (Å²) in [6.07, 6.45) is 3.23. The first kappa shape index (κ1) is 13.4. The fourth-order valence-electron chi connectivity index (χ4n) is 2.09. The lowest BCUT2D eigenvalue weighted by molar-refractivity contribution is 0.630. The van der Waals surface area contributed by atoms with Gasteiger partial charge in [0.15, 0.2) is 0 Å². The Morgan fingerprint density at radius 3 is 2.95 bits per heavy atom. The van der Waals surface area contributed by atoms with E-state index in [9.17, 15) is 0 Å². The van der Waals surface area contributed by atoms with Gasteiger partial charge in [-0.1, -0.05) is 19.1 Å². The average molecular weight is 253 g/mol. The summed E-state index contributed by atoms with van der Waals surface area (Å²) in [5.41, 5.74) is 3.15. The molecule has 0 unspecified atom stereocenters. The number of nitriles is 1. The Kier molecular flexibility index (Phi) is 4.77. The Balaban J connectivity index is 2.06. The van der Waals surface area contributed by atoms with E-state index in [-0.39, 0.29) is 0 Å². The highest BCUT2D eigenvalue weighted by atomic mass is 15.0. The summed E-state index contributed by atoms with van der Waals surface area (Å²) in [7, 11) is 0. The molecule has 0 saturated heterocycles. The minimum absolute atomic E-state index is 0.718. The summed E-state index contributed by atoms with van der Waals surface area (Å²) in [6, 6.07) is 14.2. The van der Waals surface area contributed by atoms with E-state index in [1.54, 1.807) is 0 Å². The minimum atomic E-state index is 0.718. The number of hydrogen-bond acceptors (Lipinski definition) is 2. The molecular weight excluding hydrogens is 234 g/mol. The number of rotatable bonds is 6. The molecule has 0 radical (unpaired) electrons. The van der Waals surface area contributed by atoms with Gasteiger partial charge in [-0.25, -0.2) is 0 Å². The average Bonchev–Trinajstić information content (AvgIpc) is 2.87. The highest BCUT2D eigenvalue weighted by molar-refractivity contribution is 5.33. The van der Waals surface area contributed by atoms with Gasteiger partial charge in [0.25, 0.3) is 0 Å². The molecule has 3 nitrogen and oxygen atoms in total. The fraction of sp³-hybridized carbons (Fsp3) is 0.312. The SMILES string of the molecule is CCCNCc1cccn1Cc1cccc(C#N)c1. The third kappa shape index (κ3) is 3.70. The summed E-state index contributed by atoms with van der Waals surface area (Å²) >= 11 is 0. The zero-order valence-corrected chi connectivity index (χ0v) is 11.3. The molecule has 1 N–H and O–H groups in total. The quantitative estimate of drug-likeness (QED) is 0.804. The molecule has 2 aromatic rings. The lowest BCUT2D eigenvalue weighted by Gasteiger charge is -2.10. The molecule has 2 rings (SSSR count). The minimum Gasteiger partial charge on any atom is -0.346 e. The van der Waals surface area contributed by atoms with Crippen LogP contribution in [0.2, 0.25) is 0 Å². The van der Waals surface area contributed by atoms with Crippen LogP contribution in [0.3, 0.4) is 0 Å². The standard InChI is InChI=1S/C16H19N3/c1-2-8-18-12-16-7-4-9-19(16)13-15-6-3-5-14(10-15)11-17/h3-7,9-10,18H,2,8,12-13H2,1H3. The van der Waals surface area contributed by atoms with Crippen LogP contribution in [0.1, 0.15) is 30.2 Å². The molecular formula is C16H19N3. The van der Waals surface area contributed by atoms with Crippen LogP contribution < -0.4 is 5.32 Å². The van der Waals surface area contributed by atoms with E-state index in [0.717, 1.165) is 37.2 Å². The lowest BCUT2D eigenvalue weighted by Crippen LogP contribution is -2.17. The van der Waals surface area contributed by atoms with E-state index in [2.05, 4.69) is 47.3 Å². The van der Waals surface area contributed by atoms with Gasteiger partial charge in [0.05, 0.1) is 11.6 Å². The van der Waals surface area contributed by atoms with Crippen molar-refractivity contribution in [2.75, 3.05) is 6.54 Å². The normalized spacial score (nSPS) is 10.3. The predicted octanol–water partition coefficient (Wildman–Crippen LogP) is 2.91. The zero-order chi connectivity index (χ0) is 13.5. The highest BCUT2D eigenvalue weighted by Gasteiger charge is 2.02. The molecule has 19 heavy (non-hydrogen) atoms. The first-order valence-electron chi connectivity index (χ1n) is 6.67. The van der Waals surface area contributed by atoms with Gasteiger partial charge >= 0.3 is 0 Å². The molecule has 0 bridgehead atoms. The summed E-state index contributed by atoms with van der Waals surface area (Å²) < 4.78 is 2.22.